The normalized spacial score (nSPS) is 12.5. The summed E-state index contributed by atoms with van der Waals surface area (Å²) in [6.45, 7) is 0. The van der Waals surface area contributed by atoms with Crippen LogP contribution in [0.4, 0.5) is 0 Å². The summed E-state index contributed by atoms with van der Waals surface area (Å²) in [5.74, 6) is 3.59. The van der Waals surface area contributed by atoms with Gasteiger partial charge in [-0.25, -0.2) is 24.9 Å². The molecule has 28 rings (SSSR count). The molecule has 0 amide bonds. The van der Waals surface area contributed by atoms with E-state index in [0.717, 1.165) is 104 Å². The van der Waals surface area contributed by atoms with Crippen molar-refractivity contribution in [2.75, 3.05) is 0 Å². The van der Waals surface area contributed by atoms with Crippen molar-refractivity contribution in [3.05, 3.63) is 428 Å². The largest absolute Gasteiger partial charge is 0.307 e. The standard InChI is InChI=1S/C41H26N4.C36H23N3.C35H22N4/c1-3-13-26(14-4-1)40-42-37-29-18-8-7-15-27(29)25-34(37)41(43-40)45-36-22-12-10-20-31(36)33-24-23-32-30-19-9-11-21-35(30)44(38(32)39(33)45)28-16-5-2-6-17-28;1-2-11-25(12-3-1)38-31-16-8-6-14-27(31)29-19-20-30-28-15-7-9-17-32(28)39(36(30)35(29)38)33-21-18-24-22-23-10-4-5-13-26(23)34(24)37-33;1-2-11-23(12-3-1)38-30-16-8-6-14-25(30)27-18-19-28-26-15-7-9-17-31(26)39(34(28)33(27)38)35-29-20-22-10-4-5-13-24(22)32(29)36-21-37-35/h1-24H,25H2;1-21H,22H2;1-19,21H,20H2. The predicted molar refractivity (Wildman–Crippen MR) is 504 cm³/mol. The Labute approximate surface area is 705 Å². The molecule has 3 aliphatic rings. The lowest BCUT2D eigenvalue weighted by Crippen LogP contribution is -2.07. The van der Waals surface area contributed by atoms with Crippen LogP contribution in [0.25, 0.3) is 211 Å². The highest BCUT2D eigenvalue weighted by atomic mass is 15.1. The molecule has 123 heavy (non-hydrogen) atoms. The lowest BCUT2D eigenvalue weighted by Gasteiger charge is -2.16. The van der Waals surface area contributed by atoms with Crippen LogP contribution in [0.1, 0.15) is 33.4 Å². The highest BCUT2D eigenvalue weighted by Crippen LogP contribution is 2.50. The molecule has 0 saturated carbocycles. The molecule has 0 fully saturated rings. The molecular weight excluding hydrogens is 1500 g/mol. The van der Waals surface area contributed by atoms with Crippen LogP contribution in [0.5, 0.6) is 0 Å². The highest BCUT2D eigenvalue weighted by molar-refractivity contribution is 6.27. The van der Waals surface area contributed by atoms with Crippen molar-refractivity contribution in [1.29, 1.82) is 0 Å². The lowest BCUT2D eigenvalue weighted by molar-refractivity contribution is 1.00. The van der Waals surface area contributed by atoms with Crippen molar-refractivity contribution < 1.29 is 0 Å². The Morgan fingerprint density at radius 1 is 0.195 bits per heavy atom. The van der Waals surface area contributed by atoms with E-state index in [9.17, 15) is 0 Å². The summed E-state index contributed by atoms with van der Waals surface area (Å²) < 4.78 is 14.5. The fraction of sp³-hybridized carbons (Fsp3) is 0.0268. The van der Waals surface area contributed by atoms with Gasteiger partial charge in [0, 0.05) is 134 Å². The first-order valence-electron chi connectivity index (χ1n) is 42.2. The Bertz CT molecular complexity index is 8710. The van der Waals surface area contributed by atoms with E-state index in [1.54, 1.807) is 6.33 Å². The van der Waals surface area contributed by atoms with Gasteiger partial charge < -0.3 is 13.7 Å². The smallest absolute Gasteiger partial charge is 0.162 e. The second-order valence-corrected chi connectivity index (χ2v) is 32.5. The molecule has 0 atom stereocenters. The summed E-state index contributed by atoms with van der Waals surface area (Å²) in [4.78, 5) is 25.8. The monoisotopic (exact) mass is 1570 g/mol. The maximum atomic E-state index is 5.45. The lowest BCUT2D eigenvalue weighted by atomic mass is 10.1. The summed E-state index contributed by atoms with van der Waals surface area (Å²) >= 11 is 0. The quantitative estimate of drug-likeness (QED) is 0.158. The van der Waals surface area contributed by atoms with E-state index in [-0.39, 0.29) is 0 Å². The third-order valence-corrected chi connectivity index (χ3v) is 25.9. The highest BCUT2D eigenvalue weighted by Gasteiger charge is 2.33. The minimum Gasteiger partial charge on any atom is -0.307 e. The molecular formula is C112H71N11. The molecule has 0 saturated heterocycles. The molecule has 11 nitrogen and oxygen atoms in total. The van der Waals surface area contributed by atoms with Gasteiger partial charge in [-0.15, -0.1) is 0 Å². The van der Waals surface area contributed by atoms with Gasteiger partial charge in [-0.05, 0) is 101 Å². The Hall–Kier alpha value is -16.4. The fourth-order valence-corrected chi connectivity index (χ4v) is 20.7. The SMILES string of the molecule is c1ccc(-c2nc3c(c(-n4c5ccccc5c5ccc6c7ccccc7n(-c7ccccc7)c6c54)n2)Cc2ccccc2-3)cc1.c1ccc(-n2c3ccccc3c3ccc4c5ccccc5n(-c5ccc6c(n5)-c5ccccc5C6)c4c32)cc1.c1ccc(-n2c3ccccc3c3ccc4c5ccccc5n(-c5ncnc6c5Cc5ccccc5-6)c4c32)cc1. The number of pyridine rings is 1. The number of rotatable bonds is 7. The van der Waals surface area contributed by atoms with Crippen molar-refractivity contribution in [2.24, 2.45) is 0 Å². The second-order valence-electron chi connectivity index (χ2n) is 32.5. The Morgan fingerprint density at radius 2 is 0.512 bits per heavy atom. The second kappa shape index (κ2) is 27.1. The van der Waals surface area contributed by atoms with Gasteiger partial charge >= 0.3 is 0 Å². The number of para-hydroxylation sites is 9. The zero-order chi connectivity index (χ0) is 80.5. The molecule has 3 aliphatic carbocycles. The molecule has 0 aliphatic heterocycles. The Kier molecular flexibility index (Phi) is 15.1. The first-order valence-corrected chi connectivity index (χ1v) is 42.2. The van der Waals surface area contributed by atoms with Crippen molar-refractivity contribution >= 4 is 131 Å². The summed E-state index contributed by atoms with van der Waals surface area (Å²) in [5.41, 5.74) is 33.0. The van der Waals surface area contributed by atoms with E-state index in [4.69, 9.17) is 24.9 Å². The molecule has 11 heteroatoms. The maximum Gasteiger partial charge on any atom is 0.162 e. The van der Waals surface area contributed by atoms with Crippen LogP contribution in [0.3, 0.4) is 0 Å². The minimum atomic E-state index is 0.739. The van der Waals surface area contributed by atoms with Crippen molar-refractivity contribution in [3.63, 3.8) is 0 Å². The van der Waals surface area contributed by atoms with Crippen LogP contribution in [0.15, 0.2) is 395 Å². The molecule has 0 N–H and O–H groups in total. The van der Waals surface area contributed by atoms with Crippen LogP contribution >= 0.6 is 0 Å². The van der Waals surface area contributed by atoms with Crippen LogP contribution in [-0.2, 0) is 19.3 Å². The number of aromatic nitrogens is 11. The molecule has 9 heterocycles. The van der Waals surface area contributed by atoms with Gasteiger partial charge in [0.25, 0.3) is 0 Å². The third-order valence-electron chi connectivity index (χ3n) is 25.9. The fourth-order valence-electron chi connectivity index (χ4n) is 20.7. The average Bonchev–Trinajstić information content (AvgIpc) is 1.55. The first kappa shape index (κ1) is 68.7. The zero-order valence-corrected chi connectivity index (χ0v) is 66.6. The predicted octanol–water partition coefficient (Wildman–Crippen LogP) is 27.0. The first-order chi connectivity index (χ1) is 61.1. The Morgan fingerprint density at radius 3 is 0.943 bits per heavy atom. The average molecular weight is 1570 g/mol. The molecule has 0 bridgehead atoms. The van der Waals surface area contributed by atoms with E-state index in [1.807, 2.05) is 6.07 Å². The van der Waals surface area contributed by atoms with Gasteiger partial charge in [-0.3, -0.25) is 13.7 Å². The van der Waals surface area contributed by atoms with Crippen molar-refractivity contribution in [2.45, 2.75) is 19.3 Å². The van der Waals surface area contributed by atoms with E-state index in [2.05, 4.69) is 410 Å². The minimum absolute atomic E-state index is 0.739. The molecule has 25 aromatic rings. The molecule has 0 radical (unpaired) electrons. The van der Waals surface area contributed by atoms with Crippen molar-refractivity contribution in [1.82, 2.24) is 52.3 Å². The number of nitrogens with zero attached hydrogens (tertiary/aromatic N) is 11. The van der Waals surface area contributed by atoms with Gasteiger partial charge in [0.1, 0.15) is 23.8 Å². The number of benzene rings is 16. The molecule has 0 unspecified atom stereocenters. The van der Waals surface area contributed by atoms with E-state index in [0.29, 0.717) is 0 Å². The Balaban J connectivity index is 0.0000000993. The number of fused-ring (bicyclic) bond motifs is 30. The third kappa shape index (κ3) is 10.3. The molecule has 16 aromatic carbocycles. The van der Waals surface area contributed by atoms with Crippen LogP contribution in [0, 0.1) is 0 Å². The molecule has 574 valence electrons. The summed E-state index contributed by atoms with van der Waals surface area (Å²) in [6, 6.07) is 139. The van der Waals surface area contributed by atoms with Gasteiger partial charge in [-0.1, -0.05) is 309 Å². The van der Waals surface area contributed by atoms with E-state index in [1.165, 1.54) is 159 Å². The van der Waals surface area contributed by atoms with E-state index >= 15 is 0 Å². The summed E-state index contributed by atoms with van der Waals surface area (Å²) in [6.07, 6.45) is 4.29. The number of hydrogen-bond acceptors (Lipinski definition) is 5. The van der Waals surface area contributed by atoms with Crippen LogP contribution in [-0.4, -0.2) is 52.3 Å². The molecule has 9 aromatic heterocycles. The molecule has 0 spiro atoms. The van der Waals surface area contributed by atoms with Crippen molar-refractivity contribution in [3.8, 4) is 79.7 Å². The van der Waals surface area contributed by atoms with Gasteiger partial charge in [-0.2, -0.15) is 0 Å². The van der Waals surface area contributed by atoms with Gasteiger partial charge in [0.2, 0.25) is 0 Å². The van der Waals surface area contributed by atoms with Crippen LogP contribution < -0.4 is 0 Å². The maximum absolute atomic E-state index is 5.45. The van der Waals surface area contributed by atoms with Gasteiger partial charge in [0.15, 0.2) is 5.82 Å². The number of hydrogen-bond donors (Lipinski definition) is 0. The van der Waals surface area contributed by atoms with E-state index < -0.39 is 0 Å². The zero-order valence-electron chi connectivity index (χ0n) is 66.6. The summed E-state index contributed by atoms with van der Waals surface area (Å²) in [5, 5.41) is 14.8. The van der Waals surface area contributed by atoms with Crippen LogP contribution in [0.2, 0.25) is 0 Å². The topological polar surface area (TPSA) is 94.0 Å². The summed E-state index contributed by atoms with van der Waals surface area (Å²) in [7, 11) is 0. The van der Waals surface area contributed by atoms with Gasteiger partial charge in [0.05, 0.1) is 83.3 Å².